The Bertz CT molecular complexity index is 949. The molecule has 2 aromatic carbocycles. The first kappa shape index (κ1) is 19.5. The highest BCUT2D eigenvalue weighted by Crippen LogP contribution is 2.28. The topological polar surface area (TPSA) is 65.4 Å². The fourth-order valence-corrected chi connectivity index (χ4v) is 3.17. The number of fused-ring (bicyclic) bond motifs is 1. The molecule has 6 nitrogen and oxygen atoms in total. The summed E-state index contributed by atoms with van der Waals surface area (Å²) in [5, 5.41) is 2.69. The zero-order chi connectivity index (χ0) is 19.8. The number of carbonyl (C=O) groups excluding carboxylic acids is 1. The SMILES string of the molecule is C=CCc1ccc(OCCCn2c(CNC=O)nc3ccccc32)c(OC)c1. The number of benzene rings is 2. The van der Waals surface area contributed by atoms with Gasteiger partial charge in [-0.05, 0) is 42.7 Å². The summed E-state index contributed by atoms with van der Waals surface area (Å²) in [6.45, 7) is 5.45. The summed E-state index contributed by atoms with van der Waals surface area (Å²) in [7, 11) is 1.64. The molecule has 3 rings (SSSR count). The third kappa shape index (κ3) is 4.52. The van der Waals surface area contributed by atoms with Crippen LogP contribution in [0.2, 0.25) is 0 Å². The van der Waals surface area contributed by atoms with E-state index in [2.05, 4.69) is 21.4 Å². The van der Waals surface area contributed by atoms with E-state index in [9.17, 15) is 4.79 Å². The highest BCUT2D eigenvalue weighted by Gasteiger charge is 2.10. The second-order valence-corrected chi connectivity index (χ2v) is 6.35. The molecule has 3 aromatic rings. The van der Waals surface area contributed by atoms with Crippen molar-refractivity contribution in [1.82, 2.24) is 14.9 Å². The predicted molar refractivity (Wildman–Crippen MR) is 110 cm³/mol. The maximum absolute atomic E-state index is 10.7. The van der Waals surface area contributed by atoms with Crippen LogP contribution in [0.3, 0.4) is 0 Å². The van der Waals surface area contributed by atoms with Crippen molar-refractivity contribution in [2.45, 2.75) is 25.9 Å². The van der Waals surface area contributed by atoms with Crippen LogP contribution in [0, 0.1) is 0 Å². The number of hydrogen-bond donors (Lipinski definition) is 1. The average Bonchev–Trinajstić information content (AvgIpc) is 3.08. The van der Waals surface area contributed by atoms with Crippen LogP contribution in [-0.2, 0) is 24.3 Å². The van der Waals surface area contributed by atoms with Gasteiger partial charge < -0.3 is 19.4 Å². The quantitative estimate of drug-likeness (QED) is 0.315. The van der Waals surface area contributed by atoms with E-state index in [0.29, 0.717) is 19.6 Å². The fourth-order valence-electron chi connectivity index (χ4n) is 3.17. The Morgan fingerprint density at radius 3 is 2.86 bits per heavy atom. The second kappa shape index (κ2) is 9.60. The Balaban J connectivity index is 1.65. The van der Waals surface area contributed by atoms with Crippen molar-refractivity contribution < 1.29 is 14.3 Å². The summed E-state index contributed by atoms with van der Waals surface area (Å²) in [6.07, 6.45) is 4.14. The van der Waals surface area contributed by atoms with Crippen LogP contribution in [0.1, 0.15) is 17.8 Å². The van der Waals surface area contributed by atoms with E-state index in [1.165, 1.54) is 0 Å². The lowest BCUT2D eigenvalue weighted by molar-refractivity contribution is -0.109. The minimum absolute atomic E-state index is 0.400. The van der Waals surface area contributed by atoms with Gasteiger partial charge >= 0.3 is 0 Å². The van der Waals surface area contributed by atoms with Gasteiger partial charge in [0.05, 0.1) is 31.3 Å². The number of imidazole rings is 1. The van der Waals surface area contributed by atoms with E-state index in [-0.39, 0.29) is 0 Å². The molecular weight excluding hydrogens is 354 g/mol. The summed E-state index contributed by atoms with van der Waals surface area (Å²) in [5.74, 6) is 2.29. The third-order valence-corrected chi connectivity index (χ3v) is 4.47. The zero-order valence-corrected chi connectivity index (χ0v) is 16.1. The Morgan fingerprint density at radius 1 is 1.21 bits per heavy atom. The molecule has 0 aliphatic carbocycles. The number of amides is 1. The molecule has 0 unspecified atom stereocenters. The highest BCUT2D eigenvalue weighted by molar-refractivity contribution is 5.75. The van der Waals surface area contributed by atoms with Gasteiger partial charge in [0.25, 0.3) is 0 Å². The van der Waals surface area contributed by atoms with Crippen LogP contribution in [0.4, 0.5) is 0 Å². The lowest BCUT2D eigenvalue weighted by Gasteiger charge is -2.13. The molecule has 0 radical (unpaired) electrons. The number of allylic oxidation sites excluding steroid dienone is 1. The number of hydrogen-bond acceptors (Lipinski definition) is 4. The van der Waals surface area contributed by atoms with Crippen LogP contribution in [-0.4, -0.2) is 29.7 Å². The van der Waals surface area contributed by atoms with Crippen LogP contribution in [0.5, 0.6) is 11.5 Å². The number of carbonyl (C=O) groups is 1. The number of rotatable bonds is 11. The third-order valence-electron chi connectivity index (χ3n) is 4.47. The number of methoxy groups -OCH3 is 1. The van der Waals surface area contributed by atoms with Gasteiger partial charge in [-0.25, -0.2) is 4.98 Å². The van der Waals surface area contributed by atoms with E-state index in [1.54, 1.807) is 7.11 Å². The summed E-state index contributed by atoms with van der Waals surface area (Å²) in [5.41, 5.74) is 3.11. The van der Waals surface area contributed by atoms with E-state index in [4.69, 9.17) is 9.47 Å². The lowest BCUT2D eigenvalue weighted by atomic mass is 10.1. The normalized spacial score (nSPS) is 10.6. The minimum Gasteiger partial charge on any atom is -0.493 e. The van der Waals surface area contributed by atoms with Crippen molar-refractivity contribution in [2.75, 3.05) is 13.7 Å². The number of nitrogens with zero attached hydrogens (tertiary/aromatic N) is 2. The zero-order valence-electron chi connectivity index (χ0n) is 16.1. The predicted octanol–water partition coefficient (Wildman–Crippen LogP) is 3.49. The Morgan fingerprint density at radius 2 is 2.07 bits per heavy atom. The van der Waals surface area contributed by atoms with Gasteiger partial charge in [0, 0.05) is 6.54 Å². The van der Waals surface area contributed by atoms with Gasteiger partial charge in [-0.1, -0.05) is 24.3 Å². The van der Waals surface area contributed by atoms with Gasteiger partial charge in [-0.3, -0.25) is 4.79 Å². The molecule has 1 N–H and O–H groups in total. The molecule has 146 valence electrons. The van der Waals surface area contributed by atoms with E-state index in [0.717, 1.165) is 53.3 Å². The van der Waals surface area contributed by atoms with Crippen molar-refractivity contribution in [1.29, 1.82) is 0 Å². The molecule has 6 heteroatoms. The second-order valence-electron chi connectivity index (χ2n) is 6.35. The van der Waals surface area contributed by atoms with Crippen LogP contribution in [0.25, 0.3) is 11.0 Å². The van der Waals surface area contributed by atoms with Gasteiger partial charge in [0.2, 0.25) is 6.41 Å². The summed E-state index contributed by atoms with van der Waals surface area (Å²) < 4.78 is 13.5. The largest absolute Gasteiger partial charge is 0.493 e. The van der Waals surface area contributed by atoms with Crippen molar-refractivity contribution >= 4 is 17.4 Å². The molecule has 1 aromatic heterocycles. The molecule has 0 aliphatic rings. The van der Waals surface area contributed by atoms with Crippen LogP contribution >= 0.6 is 0 Å². The number of aromatic nitrogens is 2. The molecule has 0 saturated heterocycles. The molecule has 0 fully saturated rings. The first-order valence-electron chi connectivity index (χ1n) is 9.28. The number of aryl methyl sites for hydroxylation is 1. The van der Waals surface area contributed by atoms with Crippen molar-refractivity contribution in [3.63, 3.8) is 0 Å². The fraction of sp³-hybridized carbons (Fsp3) is 0.273. The molecule has 0 atom stereocenters. The number of ether oxygens (including phenoxy) is 2. The first-order chi connectivity index (χ1) is 13.8. The molecule has 0 spiro atoms. The molecule has 1 amide bonds. The molecular formula is C22H25N3O3. The van der Waals surface area contributed by atoms with Crippen LogP contribution in [0.15, 0.2) is 55.1 Å². The van der Waals surface area contributed by atoms with Gasteiger partial charge in [-0.2, -0.15) is 0 Å². The summed E-state index contributed by atoms with van der Waals surface area (Å²) in [6, 6.07) is 13.9. The van der Waals surface area contributed by atoms with Gasteiger partial charge in [0.15, 0.2) is 11.5 Å². The van der Waals surface area contributed by atoms with E-state index < -0.39 is 0 Å². The summed E-state index contributed by atoms with van der Waals surface area (Å²) >= 11 is 0. The molecule has 0 saturated carbocycles. The van der Waals surface area contributed by atoms with Crippen molar-refractivity contribution in [3.05, 3.63) is 66.5 Å². The van der Waals surface area contributed by atoms with Crippen molar-refractivity contribution in [3.8, 4) is 11.5 Å². The first-order valence-corrected chi connectivity index (χ1v) is 9.28. The van der Waals surface area contributed by atoms with Crippen LogP contribution < -0.4 is 14.8 Å². The van der Waals surface area contributed by atoms with Crippen molar-refractivity contribution in [2.24, 2.45) is 0 Å². The Hall–Kier alpha value is -3.28. The smallest absolute Gasteiger partial charge is 0.207 e. The monoisotopic (exact) mass is 379 g/mol. The van der Waals surface area contributed by atoms with Gasteiger partial charge in [-0.15, -0.1) is 6.58 Å². The molecule has 28 heavy (non-hydrogen) atoms. The highest BCUT2D eigenvalue weighted by atomic mass is 16.5. The lowest BCUT2D eigenvalue weighted by Crippen LogP contribution is -2.16. The molecule has 0 aliphatic heterocycles. The average molecular weight is 379 g/mol. The standard InChI is InChI=1S/C22H25N3O3/c1-3-7-17-10-11-20(21(14-17)27-2)28-13-6-12-25-19-9-5-4-8-18(19)24-22(25)15-23-16-26/h3-5,8-11,14,16H,1,6-7,12-13,15H2,2H3,(H,23,26). The number of para-hydroxylation sites is 2. The van der Waals surface area contributed by atoms with E-state index in [1.807, 2.05) is 48.5 Å². The Labute approximate surface area is 164 Å². The Kier molecular flexibility index (Phi) is 6.68. The van der Waals surface area contributed by atoms with Gasteiger partial charge in [0.1, 0.15) is 5.82 Å². The maximum atomic E-state index is 10.7. The summed E-state index contributed by atoms with van der Waals surface area (Å²) in [4.78, 5) is 15.3. The molecule has 0 bridgehead atoms. The van der Waals surface area contributed by atoms with E-state index >= 15 is 0 Å². The molecule has 1 heterocycles. The minimum atomic E-state index is 0.400. The number of nitrogens with one attached hydrogen (secondary N) is 1. The maximum Gasteiger partial charge on any atom is 0.207 e.